The Morgan fingerprint density at radius 1 is 1.30 bits per heavy atom. The van der Waals surface area contributed by atoms with Crippen molar-refractivity contribution in [2.24, 2.45) is 5.41 Å². The predicted molar refractivity (Wildman–Crippen MR) is 82.3 cm³/mol. The van der Waals surface area contributed by atoms with Crippen molar-refractivity contribution in [1.29, 1.82) is 0 Å². The summed E-state index contributed by atoms with van der Waals surface area (Å²) < 4.78 is 0.874. The van der Waals surface area contributed by atoms with E-state index in [1.54, 1.807) is 6.07 Å². The Morgan fingerprint density at radius 2 is 2.05 bits per heavy atom. The summed E-state index contributed by atoms with van der Waals surface area (Å²) in [5.41, 5.74) is 2.42. The number of halogens is 1. The van der Waals surface area contributed by atoms with Gasteiger partial charge in [0.05, 0.1) is 16.9 Å². The summed E-state index contributed by atoms with van der Waals surface area (Å²) in [5.74, 6) is -0.991. The van der Waals surface area contributed by atoms with E-state index in [-0.39, 0.29) is 5.41 Å². The first-order valence-corrected chi connectivity index (χ1v) is 7.61. The largest absolute Gasteiger partial charge is 0.370 e. The number of amides is 1. The zero-order valence-corrected chi connectivity index (χ0v) is 13.2. The molecule has 0 aromatic heterocycles. The predicted octanol–water partition coefficient (Wildman–Crippen LogP) is 3.21. The van der Waals surface area contributed by atoms with Crippen molar-refractivity contribution in [3.63, 3.8) is 0 Å². The first-order valence-electron chi connectivity index (χ1n) is 6.82. The van der Waals surface area contributed by atoms with Crippen LogP contribution >= 0.6 is 15.9 Å². The maximum atomic E-state index is 11.7. The van der Waals surface area contributed by atoms with Gasteiger partial charge in [-0.25, -0.2) is 0 Å². The fraction of sp³-hybridized carbons (Fsp3) is 0.467. The second-order valence-electron chi connectivity index (χ2n) is 6.32. The van der Waals surface area contributed by atoms with Gasteiger partial charge in [0.15, 0.2) is 0 Å². The molecule has 3 rings (SSSR count). The highest BCUT2D eigenvalue weighted by Crippen LogP contribution is 2.39. The molecule has 1 fully saturated rings. The number of rotatable bonds is 1. The molecule has 1 saturated heterocycles. The second-order valence-corrected chi connectivity index (χ2v) is 7.18. The van der Waals surface area contributed by atoms with Crippen molar-refractivity contribution in [2.75, 3.05) is 23.3 Å². The normalized spacial score (nSPS) is 20.9. The summed E-state index contributed by atoms with van der Waals surface area (Å²) in [7, 11) is 0. The van der Waals surface area contributed by atoms with Gasteiger partial charge in [0.2, 0.25) is 0 Å². The summed E-state index contributed by atoms with van der Waals surface area (Å²) in [6, 6.07) is 3.66. The molecule has 1 aromatic rings. The van der Waals surface area contributed by atoms with Gasteiger partial charge in [0.25, 0.3) is 11.7 Å². The highest BCUT2D eigenvalue weighted by Gasteiger charge is 2.32. The number of nitrogens with zero attached hydrogens (tertiary/aromatic N) is 1. The molecule has 106 valence electrons. The zero-order chi connectivity index (χ0) is 14.5. The van der Waals surface area contributed by atoms with Gasteiger partial charge >= 0.3 is 0 Å². The Morgan fingerprint density at radius 3 is 2.75 bits per heavy atom. The molecule has 1 N–H and O–H groups in total. The van der Waals surface area contributed by atoms with Crippen molar-refractivity contribution >= 4 is 39.0 Å². The van der Waals surface area contributed by atoms with E-state index in [4.69, 9.17) is 0 Å². The Hall–Kier alpha value is -1.36. The molecule has 0 radical (unpaired) electrons. The van der Waals surface area contributed by atoms with E-state index in [9.17, 15) is 9.59 Å². The van der Waals surface area contributed by atoms with E-state index in [0.29, 0.717) is 11.3 Å². The first kappa shape index (κ1) is 13.6. The van der Waals surface area contributed by atoms with Crippen LogP contribution in [0.3, 0.4) is 0 Å². The van der Waals surface area contributed by atoms with Gasteiger partial charge in [-0.05, 0) is 46.3 Å². The molecule has 0 spiro atoms. The number of anilines is 2. The lowest BCUT2D eigenvalue weighted by Crippen LogP contribution is -2.40. The molecule has 20 heavy (non-hydrogen) atoms. The van der Waals surface area contributed by atoms with Crippen LogP contribution in [0.4, 0.5) is 11.4 Å². The van der Waals surface area contributed by atoms with E-state index < -0.39 is 11.7 Å². The van der Waals surface area contributed by atoms with Crippen LogP contribution in [-0.2, 0) is 4.79 Å². The number of carbonyl (C=O) groups excluding carboxylic acids is 2. The van der Waals surface area contributed by atoms with Gasteiger partial charge in [-0.1, -0.05) is 13.8 Å². The van der Waals surface area contributed by atoms with Crippen LogP contribution in [0.25, 0.3) is 0 Å². The van der Waals surface area contributed by atoms with Crippen molar-refractivity contribution in [1.82, 2.24) is 0 Å². The van der Waals surface area contributed by atoms with Gasteiger partial charge in [-0.3, -0.25) is 9.59 Å². The number of Topliss-reactive ketones (excluding diaryl/α,β-unsaturated/α-hetero) is 1. The topological polar surface area (TPSA) is 49.4 Å². The standard InChI is InChI=1S/C15H17BrN2O2/c1-15(2)4-3-5-18(8-15)12-7-11-9(6-10(12)16)13(19)14(20)17-11/h6-7H,3-5,8H2,1-2H3,(H,17,19,20). The molecule has 2 heterocycles. The molecule has 0 unspecified atom stereocenters. The molecule has 4 nitrogen and oxygen atoms in total. The quantitative estimate of drug-likeness (QED) is 0.801. The minimum Gasteiger partial charge on any atom is -0.370 e. The van der Waals surface area contributed by atoms with Crippen molar-refractivity contribution in [2.45, 2.75) is 26.7 Å². The zero-order valence-electron chi connectivity index (χ0n) is 11.6. The van der Waals surface area contributed by atoms with Crippen LogP contribution in [0.5, 0.6) is 0 Å². The SMILES string of the molecule is CC1(C)CCCN(c2cc3c(cc2Br)C(=O)C(=O)N3)C1. The number of ketones is 1. The molecule has 2 aliphatic heterocycles. The summed E-state index contributed by atoms with van der Waals surface area (Å²) >= 11 is 3.54. The molecular formula is C15H17BrN2O2. The van der Waals surface area contributed by atoms with Crippen molar-refractivity contribution in [3.8, 4) is 0 Å². The lowest BCUT2D eigenvalue weighted by atomic mass is 9.84. The maximum Gasteiger partial charge on any atom is 0.296 e. The molecule has 2 aliphatic rings. The molecule has 1 aromatic carbocycles. The van der Waals surface area contributed by atoms with E-state index in [1.807, 2.05) is 6.07 Å². The van der Waals surface area contributed by atoms with E-state index in [0.717, 1.165) is 29.7 Å². The Labute approximate surface area is 126 Å². The minimum atomic E-state index is -0.539. The molecular weight excluding hydrogens is 320 g/mol. The highest BCUT2D eigenvalue weighted by molar-refractivity contribution is 9.10. The molecule has 5 heteroatoms. The number of hydrogen-bond acceptors (Lipinski definition) is 3. The van der Waals surface area contributed by atoms with Gasteiger partial charge in [0, 0.05) is 17.6 Å². The van der Waals surface area contributed by atoms with E-state index >= 15 is 0 Å². The second kappa shape index (κ2) is 4.58. The third-order valence-electron chi connectivity index (χ3n) is 4.03. The first-order chi connectivity index (χ1) is 9.37. The van der Waals surface area contributed by atoms with Crippen molar-refractivity contribution < 1.29 is 9.59 Å². The average Bonchev–Trinajstić information content (AvgIpc) is 2.63. The van der Waals surface area contributed by atoms with E-state index in [1.165, 1.54) is 6.42 Å². The Kier molecular flexibility index (Phi) is 3.12. The summed E-state index contributed by atoms with van der Waals surface area (Å²) in [6.07, 6.45) is 2.38. The lowest BCUT2D eigenvalue weighted by Gasteiger charge is -2.40. The van der Waals surface area contributed by atoms with Crippen LogP contribution in [0.15, 0.2) is 16.6 Å². The van der Waals surface area contributed by atoms with Crippen LogP contribution in [0.2, 0.25) is 0 Å². The minimum absolute atomic E-state index is 0.287. The number of piperidine rings is 1. The van der Waals surface area contributed by atoms with Crippen molar-refractivity contribution in [3.05, 3.63) is 22.2 Å². The van der Waals surface area contributed by atoms with Gasteiger partial charge in [-0.15, -0.1) is 0 Å². The Bertz CT molecular complexity index is 610. The monoisotopic (exact) mass is 336 g/mol. The Balaban J connectivity index is 1.98. The summed E-state index contributed by atoms with van der Waals surface area (Å²) in [5, 5.41) is 2.64. The smallest absolute Gasteiger partial charge is 0.296 e. The molecule has 0 saturated carbocycles. The number of nitrogens with one attached hydrogen (secondary N) is 1. The van der Waals surface area contributed by atoms with E-state index in [2.05, 4.69) is 40.0 Å². The van der Waals surface area contributed by atoms with Gasteiger partial charge in [0.1, 0.15) is 0 Å². The summed E-state index contributed by atoms with van der Waals surface area (Å²) in [4.78, 5) is 25.5. The fourth-order valence-electron chi connectivity index (χ4n) is 3.03. The third kappa shape index (κ3) is 2.24. The van der Waals surface area contributed by atoms with Crippen LogP contribution in [0.1, 0.15) is 37.0 Å². The molecule has 1 amide bonds. The molecule has 0 atom stereocenters. The van der Waals surface area contributed by atoms with Gasteiger partial charge < -0.3 is 10.2 Å². The lowest BCUT2D eigenvalue weighted by molar-refractivity contribution is -0.112. The van der Waals surface area contributed by atoms with Gasteiger partial charge in [-0.2, -0.15) is 0 Å². The number of hydrogen-bond donors (Lipinski definition) is 1. The number of benzene rings is 1. The average molecular weight is 337 g/mol. The fourth-order valence-corrected chi connectivity index (χ4v) is 3.62. The summed E-state index contributed by atoms with van der Waals surface area (Å²) in [6.45, 7) is 6.52. The molecule has 0 bridgehead atoms. The maximum absolute atomic E-state index is 11.7. The number of carbonyl (C=O) groups is 2. The molecule has 0 aliphatic carbocycles. The highest BCUT2D eigenvalue weighted by atomic mass is 79.9. The van der Waals surface area contributed by atoms with Crippen LogP contribution in [-0.4, -0.2) is 24.8 Å². The third-order valence-corrected chi connectivity index (χ3v) is 4.66. The number of fused-ring (bicyclic) bond motifs is 1. The van der Waals surface area contributed by atoms with Crippen LogP contribution < -0.4 is 10.2 Å². The van der Waals surface area contributed by atoms with Crippen LogP contribution in [0, 0.1) is 5.41 Å².